The number of hydrogen-bond acceptors (Lipinski definition) is 5. The molecule has 1 N–H and O–H groups in total. The molecule has 5 nitrogen and oxygen atoms in total. The third-order valence-corrected chi connectivity index (χ3v) is 6.88. The number of nitrogens with zero attached hydrogens (tertiary/aromatic N) is 3. The second-order valence-corrected chi connectivity index (χ2v) is 8.63. The molecule has 0 bridgehead atoms. The highest BCUT2D eigenvalue weighted by atomic mass is 35.5. The first kappa shape index (κ1) is 19.2. The zero-order valence-electron chi connectivity index (χ0n) is 15.5. The number of rotatable bonds is 6. The maximum absolute atomic E-state index is 12.7. The number of hydrogen-bond donors (Lipinski definition) is 1. The molecule has 0 spiro atoms. The van der Waals surface area contributed by atoms with Crippen LogP contribution in [-0.2, 0) is 17.6 Å². The van der Waals surface area contributed by atoms with Crippen molar-refractivity contribution in [3.63, 3.8) is 0 Å². The van der Waals surface area contributed by atoms with Crippen LogP contribution in [0.15, 0.2) is 41.6 Å². The number of aryl methyl sites for hydroxylation is 1. The standard InChI is InChI=1S/C20H19ClN4OS2/c1-3-12-9-10-14(21)13(4-2)18(12)22-17(26)11-27-19-23-24-20-25(19)15-7-5-6-8-16(15)28-20/h5-10H,3-4,11H2,1-2H3,(H,22,26). The largest absolute Gasteiger partial charge is 0.325 e. The first-order valence-electron chi connectivity index (χ1n) is 9.08. The van der Waals surface area contributed by atoms with Crippen molar-refractivity contribution in [2.24, 2.45) is 0 Å². The molecule has 0 unspecified atom stereocenters. The Hall–Kier alpha value is -2.09. The van der Waals surface area contributed by atoms with Crippen molar-refractivity contribution in [2.75, 3.05) is 11.1 Å². The van der Waals surface area contributed by atoms with Crippen molar-refractivity contribution in [1.29, 1.82) is 0 Å². The van der Waals surface area contributed by atoms with Crippen LogP contribution in [0.25, 0.3) is 15.2 Å². The Morgan fingerprint density at radius 3 is 2.79 bits per heavy atom. The minimum absolute atomic E-state index is 0.0760. The van der Waals surface area contributed by atoms with Crippen molar-refractivity contribution in [2.45, 2.75) is 31.8 Å². The fourth-order valence-corrected chi connectivity index (χ4v) is 5.28. The van der Waals surface area contributed by atoms with Gasteiger partial charge in [-0.25, -0.2) is 0 Å². The van der Waals surface area contributed by atoms with Gasteiger partial charge in [-0.3, -0.25) is 9.20 Å². The number of halogens is 1. The second-order valence-electron chi connectivity index (χ2n) is 6.27. The highest BCUT2D eigenvalue weighted by Crippen LogP contribution is 2.31. The van der Waals surface area contributed by atoms with E-state index in [9.17, 15) is 4.79 Å². The number of anilines is 1. The van der Waals surface area contributed by atoms with Gasteiger partial charge < -0.3 is 5.32 Å². The molecule has 0 radical (unpaired) electrons. The number of para-hydroxylation sites is 1. The van der Waals surface area contributed by atoms with Gasteiger partial charge in [0.2, 0.25) is 10.9 Å². The number of benzene rings is 2. The number of thiazole rings is 1. The molecule has 0 aliphatic heterocycles. The number of carbonyl (C=O) groups is 1. The highest BCUT2D eigenvalue weighted by molar-refractivity contribution is 7.99. The molecule has 4 aromatic rings. The van der Waals surface area contributed by atoms with E-state index in [1.54, 1.807) is 11.3 Å². The summed E-state index contributed by atoms with van der Waals surface area (Å²) in [7, 11) is 0. The molecule has 0 atom stereocenters. The maximum atomic E-state index is 12.7. The Bertz CT molecular complexity index is 1170. The average molecular weight is 431 g/mol. The lowest BCUT2D eigenvalue weighted by Crippen LogP contribution is -2.17. The SMILES string of the molecule is CCc1ccc(Cl)c(CC)c1NC(=O)CSc1nnc2sc3ccccc3n12. The summed E-state index contributed by atoms with van der Waals surface area (Å²) in [5.41, 5.74) is 3.98. The van der Waals surface area contributed by atoms with Crippen LogP contribution in [-0.4, -0.2) is 26.3 Å². The molecule has 4 rings (SSSR count). The van der Waals surface area contributed by atoms with Crippen molar-refractivity contribution >= 4 is 61.5 Å². The van der Waals surface area contributed by atoms with Gasteiger partial charge >= 0.3 is 0 Å². The number of aromatic nitrogens is 3. The minimum atomic E-state index is -0.0760. The van der Waals surface area contributed by atoms with E-state index in [0.29, 0.717) is 5.02 Å². The van der Waals surface area contributed by atoms with Crippen LogP contribution in [0.1, 0.15) is 25.0 Å². The average Bonchev–Trinajstić information content (AvgIpc) is 3.26. The molecule has 28 heavy (non-hydrogen) atoms. The highest BCUT2D eigenvalue weighted by Gasteiger charge is 2.16. The molecule has 0 saturated carbocycles. The van der Waals surface area contributed by atoms with Crippen molar-refractivity contribution in [1.82, 2.24) is 14.6 Å². The Balaban J connectivity index is 1.55. The predicted octanol–water partition coefficient (Wildman–Crippen LogP) is 5.45. The van der Waals surface area contributed by atoms with Crippen LogP contribution in [0, 0.1) is 0 Å². The summed E-state index contributed by atoms with van der Waals surface area (Å²) in [6, 6.07) is 12.0. The van der Waals surface area contributed by atoms with Crippen LogP contribution < -0.4 is 5.32 Å². The summed E-state index contributed by atoms with van der Waals surface area (Å²) in [5.74, 6) is 0.178. The van der Waals surface area contributed by atoms with E-state index < -0.39 is 0 Å². The van der Waals surface area contributed by atoms with Gasteiger partial charge in [0.05, 0.1) is 16.0 Å². The van der Waals surface area contributed by atoms with E-state index in [4.69, 9.17) is 11.6 Å². The van der Waals surface area contributed by atoms with Gasteiger partial charge in [-0.1, -0.05) is 66.7 Å². The van der Waals surface area contributed by atoms with E-state index in [1.165, 1.54) is 11.8 Å². The Morgan fingerprint density at radius 2 is 2.00 bits per heavy atom. The fraction of sp³-hybridized carbons (Fsp3) is 0.250. The number of carbonyl (C=O) groups excluding carboxylic acids is 1. The van der Waals surface area contributed by atoms with Crippen LogP contribution in [0.2, 0.25) is 5.02 Å². The summed E-state index contributed by atoms with van der Waals surface area (Å²) in [6.07, 6.45) is 1.60. The predicted molar refractivity (Wildman–Crippen MR) is 118 cm³/mol. The Kier molecular flexibility index (Phi) is 5.57. The monoisotopic (exact) mass is 430 g/mol. The van der Waals surface area contributed by atoms with Gasteiger partial charge in [0.1, 0.15) is 0 Å². The summed E-state index contributed by atoms with van der Waals surface area (Å²) in [5, 5.41) is 13.0. The molecule has 8 heteroatoms. The van der Waals surface area contributed by atoms with Gasteiger partial charge in [0, 0.05) is 10.7 Å². The van der Waals surface area contributed by atoms with Crippen molar-refractivity contribution in [3.8, 4) is 0 Å². The van der Waals surface area contributed by atoms with E-state index in [1.807, 2.05) is 41.7 Å². The normalized spacial score (nSPS) is 11.4. The van der Waals surface area contributed by atoms with Gasteiger partial charge in [0.15, 0.2) is 5.16 Å². The van der Waals surface area contributed by atoms with Gasteiger partial charge in [-0.2, -0.15) is 0 Å². The van der Waals surface area contributed by atoms with Crippen molar-refractivity contribution < 1.29 is 4.79 Å². The molecule has 0 aliphatic rings. The van der Waals surface area contributed by atoms with E-state index in [-0.39, 0.29) is 11.7 Å². The summed E-state index contributed by atoms with van der Waals surface area (Å²) >= 11 is 9.31. The lowest BCUT2D eigenvalue weighted by atomic mass is 10.0. The zero-order chi connectivity index (χ0) is 19.7. The van der Waals surface area contributed by atoms with Gasteiger partial charge in [0.25, 0.3) is 0 Å². The second kappa shape index (κ2) is 8.11. The molecule has 0 saturated heterocycles. The molecule has 2 aromatic heterocycles. The minimum Gasteiger partial charge on any atom is -0.325 e. The topological polar surface area (TPSA) is 59.3 Å². The van der Waals surface area contributed by atoms with Gasteiger partial charge in [-0.05, 0) is 42.2 Å². The molecule has 2 heterocycles. The third kappa shape index (κ3) is 3.50. The van der Waals surface area contributed by atoms with Crippen LogP contribution >= 0.6 is 34.7 Å². The lowest BCUT2D eigenvalue weighted by Gasteiger charge is -2.15. The molecular formula is C20H19ClN4OS2. The Labute approximate surface area is 176 Å². The molecule has 2 aromatic carbocycles. The van der Waals surface area contributed by atoms with Crippen LogP contribution in [0.3, 0.4) is 0 Å². The molecule has 1 amide bonds. The fourth-order valence-electron chi connectivity index (χ4n) is 3.22. The molecular weight excluding hydrogens is 412 g/mol. The van der Waals surface area contributed by atoms with Crippen LogP contribution in [0.4, 0.5) is 5.69 Å². The van der Waals surface area contributed by atoms with E-state index in [0.717, 1.165) is 50.0 Å². The van der Waals surface area contributed by atoms with E-state index in [2.05, 4.69) is 28.5 Å². The molecule has 0 fully saturated rings. The first-order valence-corrected chi connectivity index (χ1v) is 11.3. The zero-order valence-corrected chi connectivity index (χ0v) is 17.9. The number of nitrogens with one attached hydrogen (secondary N) is 1. The smallest absolute Gasteiger partial charge is 0.234 e. The lowest BCUT2D eigenvalue weighted by molar-refractivity contribution is -0.113. The number of fused-ring (bicyclic) bond motifs is 3. The van der Waals surface area contributed by atoms with Crippen LogP contribution in [0.5, 0.6) is 0 Å². The summed E-state index contributed by atoms with van der Waals surface area (Å²) in [6.45, 7) is 4.11. The first-order chi connectivity index (χ1) is 13.6. The molecule has 144 valence electrons. The quantitative estimate of drug-likeness (QED) is 0.413. The summed E-state index contributed by atoms with van der Waals surface area (Å²) in [4.78, 5) is 13.5. The van der Waals surface area contributed by atoms with Gasteiger partial charge in [-0.15, -0.1) is 10.2 Å². The maximum Gasteiger partial charge on any atom is 0.234 e. The summed E-state index contributed by atoms with van der Waals surface area (Å²) < 4.78 is 3.16. The Morgan fingerprint density at radius 1 is 1.18 bits per heavy atom. The number of thioether (sulfide) groups is 1. The van der Waals surface area contributed by atoms with E-state index >= 15 is 0 Å². The third-order valence-electron chi connectivity index (χ3n) is 4.58. The van der Waals surface area contributed by atoms with Crippen molar-refractivity contribution in [3.05, 3.63) is 52.5 Å². The number of amides is 1. The molecule has 0 aliphatic carbocycles.